The van der Waals surface area contributed by atoms with Crippen molar-refractivity contribution < 1.29 is 9.84 Å². The van der Waals surface area contributed by atoms with Crippen LogP contribution < -0.4 is 10.1 Å². The van der Waals surface area contributed by atoms with E-state index in [1.165, 1.54) is 12.8 Å². The van der Waals surface area contributed by atoms with Crippen molar-refractivity contribution in [3.8, 4) is 5.75 Å². The van der Waals surface area contributed by atoms with Crippen LogP contribution in [0.3, 0.4) is 0 Å². The molecule has 2 rings (SSSR count). The fourth-order valence-electron chi connectivity index (χ4n) is 1.68. The zero-order valence-corrected chi connectivity index (χ0v) is 9.86. The van der Waals surface area contributed by atoms with Gasteiger partial charge in [-0.1, -0.05) is 12.1 Å². The smallest absolute Gasteiger partial charge is 0.118 e. The number of benzene rings is 1. The highest BCUT2D eigenvalue weighted by atomic mass is 16.5. The lowest BCUT2D eigenvalue weighted by molar-refractivity contribution is 0.0565. The number of rotatable bonds is 5. The molecule has 2 N–H and O–H groups in total. The van der Waals surface area contributed by atoms with Crippen LogP contribution in [0.5, 0.6) is 5.75 Å². The van der Waals surface area contributed by atoms with Gasteiger partial charge in [-0.25, -0.2) is 0 Å². The highest BCUT2D eigenvalue weighted by molar-refractivity contribution is 5.30. The number of methoxy groups -OCH3 is 1. The molecule has 1 aromatic carbocycles. The summed E-state index contributed by atoms with van der Waals surface area (Å²) in [6.45, 7) is 2.44. The first-order valence-corrected chi connectivity index (χ1v) is 5.72. The van der Waals surface area contributed by atoms with Crippen LogP contribution in [0.1, 0.15) is 25.3 Å². The molecule has 0 heterocycles. The van der Waals surface area contributed by atoms with Crippen LogP contribution in [-0.4, -0.2) is 24.8 Å². The van der Waals surface area contributed by atoms with Gasteiger partial charge >= 0.3 is 0 Å². The van der Waals surface area contributed by atoms with E-state index >= 15 is 0 Å². The molecule has 16 heavy (non-hydrogen) atoms. The third kappa shape index (κ3) is 2.74. The van der Waals surface area contributed by atoms with E-state index in [-0.39, 0.29) is 0 Å². The SMILES string of the molecule is COc1ccc(C(C)(O)CNC2CC2)cc1. The molecule has 1 atom stereocenters. The van der Waals surface area contributed by atoms with E-state index in [4.69, 9.17) is 4.74 Å². The molecule has 1 aromatic rings. The van der Waals surface area contributed by atoms with Crippen molar-refractivity contribution in [2.45, 2.75) is 31.4 Å². The summed E-state index contributed by atoms with van der Waals surface area (Å²) >= 11 is 0. The van der Waals surface area contributed by atoms with Crippen LogP contribution in [0, 0.1) is 0 Å². The lowest BCUT2D eigenvalue weighted by Crippen LogP contribution is -2.36. The third-order valence-electron chi connectivity index (χ3n) is 3.02. The first kappa shape index (κ1) is 11.4. The number of ether oxygens (including phenoxy) is 1. The summed E-state index contributed by atoms with van der Waals surface area (Å²) in [4.78, 5) is 0. The molecular formula is C13H19NO2. The Hall–Kier alpha value is -1.06. The maximum atomic E-state index is 10.3. The van der Waals surface area contributed by atoms with E-state index in [0.29, 0.717) is 12.6 Å². The zero-order chi connectivity index (χ0) is 11.6. The molecule has 0 aromatic heterocycles. The molecule has 1 unspecified atom stereocenters. The minimum atomic E-state index is -0.811. The van der Waals surface area contributed by atoms with Gasteiger partial charge in [-0.3, -0.25) is 0 Å². The number of nitrogens with one attached hydrogen (secondary N) is 1. The molecule has 0 aliphatic heterocycles. The molecule has 3 heteroatoms. The van der Waals surface area contributed by atoms with E-state index in [1.807, 2.05) is 31.2 Å². The fourth-order valence-corrected chi connectivity index (χ4v) is 1.68. The van der Waals surface area contributed by atoms with Crippen molar-refractivity contribution in [3.63, 3.8) is 0 Å². The van der Waals surface area contributed by atoms with E-state index in [1.54, 1.807) is 7.11 Å². The molecule has 0 amide bonds. The summed E-state index contributed by atoms with van der Waals surface area (Å²) in [6, 6.07) is 8.19. The van der Waals surface area contributed by atoms with E-state index in [2.05, 4.69) is 5.32 Å². The molecule has 1 aliphatic carbocycles. The summed E-state index contributed by atoms with van der Waals surface area (Å²) in [5.41, 5.74) is 0.107. The molecule has 0 radical (unpaired) electrons. The first-order valence-electron chi connectivity index (χ1n) is 5.72. The lowest BCUT2D eigenvalue weighted by atomic mass is 9.96. The second-order valence-electron chi connectivity index (χ2n) is 4.66. The molecule has 1 saturated carbocycles. The number of hydrogen-bond acceptors (Lipinski definition) is 3. The molecule has 3 nitrogen and oxygen atoms in total. The topological polar surface area (TPSA) is 41.5 Å². The van der Waals surface area contributed by atoms with Crippen LogP contribution in [0.2, 0.25) is 0 Å². The predicted molar refractivity (Wildman–Crippen MR) is 63.6 cm³/mol. The summed E-state index contributed by atoms with van der Waals surface area (Å²) < 4.78 is 5.09. The van der Waals surface area contributed by atoms with Gasteiger partial charge < -0.3 is 15.2 Å². The van der Waals surface area contributed by atoms with Crippen molar-refractivity contribution in [1.82, 2.24) is 5.32 Å². The Morgan fingerprint density at radius 2 is 2.00 bits per heavy atom. The van der Waals surface area contributed by atoms with Gasteiger partial charge in [0, 0.05) is 12.6 Å². The van der Waals surface area contributed by atoms with Crippen molar-refractivity contribution in [2.24, 2.45) is 0 Å². The largest absolute Gasteiger partial charge is 0.497 e. The zero-order valence-electron chi connectivity index (χ0n) is 9.86. The van der Waals surface area contributed by atoms with Gasteiger partial charge in [0.1, 0.15) is 5.75 Å². The average Bonchev–Trinajstić information content (AvgIpc) is 3.10. The molecule has 88 valence electrons. The van der Waals surface area contributed by atoms with Crippen LogP contribution in [0.4, 0.5) is 0 Å². The fraction of sp³-hybridized carbons (Fsp3) is 0.538. The summed E-state index contributed by atoms with van der Waals surface area (Å²) in [5.74, 6) is 0.815. The maximum absolute atomic E-state index is 10.3. The normalized spacial score (nSPS) is 19.2. The second-order valence-corrected chi connectivity index (χ2v) is 4.66. The Labute approximate surface area is 96.4 Å². The minimum absolute atomic E-state index is 0.601. The van der Waals surface area contributed by atoms with Crippen molar-refractivity contribution >= 4 is 0 Å². The van der Waals surface area contributed by atoms with E-state index in [9.17, 15) is 5.11 Å². The van der Waals surface area contributed by atoms with E-state index in [0.717, 1.165) is 11.3 Å². The predicted octanol–water partition coefficient (Wildman–Crippen LogP) is 1.65. The number of hydrogen-bond donors (Lipinski definition) is 2. The summed E-state index contributed by atoms with van der Waals surface area (Å²) in [5, 5.41) is 13.7. The minimum Gasteiger partial charge on any atom is -0.497 e. The second kappa shape index (κ2) is 4.44. The Morgan fingerprint density at radius 1 is 1.38 bits per heavy atom. The van der Waals surface area contributed by atoms with Crippen molar-refractivity contribution in [1.29, 1.82) is 0 Å². The Balaban J connectivity index is 2.01. The first-order chi connectivity index (χ1) is 7.62. The molecule has 1 aliphatic rings. The molecule has 0 spiro atoms. The Bertz CT molecular complexity index is 341. The Morgan fingerprint density at radius 3 is 2.50 bits per heavy atom. The summed E-state index contributed by atoms with van der Waals surface area (Å²) in [6.07, 6.45) is 2.47. The average molecular weight is 221 g/mol. The van der Waals surface area contributed by atoms with E-state index < -0.39 is 5.60 Å². The third-order valence-corrected chi connectivity index (χ3v) is 3.02. The van der Waals surface area contributed by atoms with Gasteiger partial charge in [0.05, 0.1) is 12.7 Å². The highest BCUT2D eigenvalue weighted by Gasteiger charge is 2.27. The quantitative estimate of drug-likeness (QED) is 0.794. The van der Waals surface area contributed by atoms with Crippen LogP contribution >= 0.6 is 0 Å². The van der Waals surface area contributed by atoms with Crippen LogP contribution in [0.15, 0.2) is 24.3 Å². The van der Waals surface area contributed by atoms with Gasteiger partial charge in [0.25, 0.3) is 0 Å². The lowest BCUT2D eigenvalue weighted by Gasteiger charge is -2.24. The van der Waals surface area contributed by atoms with Gasteiger partial charge in [-0.15, -0.1) is 0 Å². The molecule has 0 saturated heterocycles. The van der Waals surface area contributed by atoms with Gasteiger partial charge in [-0.2, -0.15) is 0 Å². The monoisotopic (exact) mass is 221 g/mol. The van der Waals surface area contributed by atoms with Crippen molar-refractivity contribution in [3.05, 3.63) is 29.8 Å². The number of aliphatic hydroxyl groups is 1. The highest BCUT2D eigenvalue weighted by Crippen LogP contribution is 2.25. The molecule has 0 bridgehead atoms. The standard InChI is InChI=1S/C13H19NO2/c1-13(15,9-14-11-5-6-11)10-3-7-12(16-2)8-4-10/h3-4,7-8,11,14-15H,5-6,9H2,1-2H3. The molecular weight excluding hydrogens is 202 g/mol. The van der Waals surface area contributed by atoms with Gasteiger partial charge in [-0.05, 0) is 37.5 Å². The maximum Gasteiger partial charge on any atom is 0.118 e. The van der Waals surface area contributed by atoms with Crippen molar-refractivity contribution in [2.75, 3.05) is 13.7 Å². The van der Waals surface area contributed by atoms with Crippen LogP contribution in [0.25, 0.3) is 0 Å². The van der Waals surface area contributed by atoms with Gasteiger partial charge in [0.15, 0.2) is 0 Å². The van der Waals surface area contributed by atoms with Crippen LogP contribution in [-0.2, 0) is 5.60 Å². The van der Waals surface area contributed by atoms with Gasteiger partial charge in [0.2, 0.25) is 0 Å². The Kier molecular flexibility index (Phi) is 3.17. The molecule has 1 fully saturated rings. The summed E-state index contributed by atoms with van der Waals surface area (Å²) in [7, 11) is 1.64.